The molecule has 8 nitrogen and oxygen atoms in total. The molecule has 0 aliphatic carbocycles. The fourth-order valence-electron chi connectivity index (χ4n) is 4.15. The Bertz CT molecular complexity index is 775. The third kappa shape index (κ3) is 15.6. The van der Waals surface area contributed by atoms with Crippen LogP contribution < -0.4 is 5.32 Å². The molecule has 0 unspecified atom stereocenters. The van der Waals surface area contributed by atoms with Gasteiger partial charge in [-0.25, -0.2) is 0 Å². The van der Waals surface area contributed by atoms with Gasteiger partial charge in [0.1, 0.15) is 6.04 Å². The van der Waals surface area contributed by atoms with E-state index in [9.17, 15) is 4.79 Å². The Hall–Kier alpha value is 0.664. The van der Waals surface area contributed by atoms with Gasteiger partial charge in [-0.1, -0.05) is 0 Å². The molecule has 0 aromatic carbocycles. The number of rotatable bonds is 16. The minimum atomic E-state index is -2.09. The molecular formula is C25H59NO7SSi5. The van der Waals surface area contributed by atoms with Crippen molar-refractivity contribution in [2.75, 3.05) is 19.5 Å². The van der Waals surface area contributed by atoms with Gasteiger partial charge < -0.3 is 26.9 Å². The molecule has 0 aromatic heterocycles. The Balaban J connectivity index is 3.73. The largest absolute Gasteiger partial charge is 0.468 e. The molecular weight excluding hydrogens is 599 g/mol. The summed E-state index contributed by atoms with van der Waals surface area (Å²) in [5.41, 5.74) is 0. The van der Waals surface area contributed by atoms with Crippen LogP contribution in [-0.2, 0) is 31.7 Å². The molecule has 1 heterocycles. The highest BCUT2D eigenvalue weighted by Crippen LogP contribution is 2.34. The fourth-order valence-corrected chi connectivity index (χ4v) is 10.6. The summed E-state index contributed by atoms with van der Waals surface area (Å²) in [4.78, 5) is 12.4. The van der Waals surface area contributed by atoms with Crippen LogP contribution in [0, 0.1) is 0 Å². The summed E-state index contributed by atoms with van der Waals surface area (Å²) >= 11 is 1.70. The number of hydrogen-bond acceptors (Lipinski definition) is 9. The van der Waals surface area contributed by atoms with E-state index in [1.807, 2.05) is 0 Å². The van der Waals surface area contributed by atoms with E-state index in [4.69, 9.17) is 26.9 Å². The highest BCUT2D eigenvalue weighted by molar-refractivity contribution is 8.00. The SMILES string of the molecule is COC(=O)[C@@H]1CS[C@H]([C@H](O[Si](C)(C)C)[C@@H](O[Si](C)(C)C)[C@H](O[Si](C)(C)C)[C@@H](CO[Si](C)(C)C)O[Si](C)(C)C)N1. The maximum absolute atomic E-state index is 12.4. The summed E-state index contributed by atoms with van der Waals surface area (Å²) in [5.74, 6) is 0.369. The Morgan fingerprint density at radius 1 is 0.718 bits per heavy atom. The number of nitrogens with one attached hydrogen (secondary N) is 1. The first-order valence-corrected chi connectivity index (χ1v) is 32.2. The van der Waals surface area contributed by atoms with Crippen LogP contribution in [-0.4, -0.2) is 103 Å². The van der Waals surface area contributed by atoms with E-state index in [0.717, 1.165) is 0 Å². The van der Waals surface area contributed by atoms with Gasteiger partial charge in [-0.2, -0.15) is 0 Å². The molecule has 0 bridgehead atoms. The Labute approximate surface area is 249 Å². The Morgan fingerprint density at radius 3 is 1.59 bits per heavy atom. The number of thioether (sulfide) groups is 1. The van der Waals surface area contributed by atoms with E-state index in [0.29, 0.717) is 12.4 Å². The van der Waals surface area contributed by atoms with E-state index in [1.54, 1.807) is 11.8 Å². The number of carbonyl (C=O) groups excluding carboxylic acids is 1. The van der Waals surface area contributed by atoms with Gasteiger partial charge in [0.15, 0.2) is 41.6 Å². The van der Waals surface area contributed by atoms with Crippen LogP contribution in [0.1, 0.15) is 0 Å². The van der Waals surface area contributed by atoms with E-state index >= 15 is 0 Å². The second-order valence-corrected chi connectivity index (χ2v) is 38.8. The topological polar surface area (TPSA) is 84.5 Å². The number of ether oxygens (including phenoxy) is 1. The zero-order valence-electron chi connectivity index (χ0n) is 27.6. The molecule has 14 heteroatoms. The first-order chi connectivity index (χ1) is 17.3. The summed E-state index contributed by atoms with van der Waals surface area (Å²) < 4.78 is 39.5. The average Bonchev–Trinajstić information content (AvgIpc) is 3.18. The maximum Gasteiger partial charge on any atom is 0.323 e. The zero-order chi connectivity index (χ0) is 30.6. The number of carbonyl (C=O) groups is 1. The molecule has 0 spiro atoms. The van der Waals surface area contributed by atoms with E-state index in [2.05, 4.69) is 104 Å². The number of methoxy groups -OCH3 is 1. The van der Waals surface area contributed by atoms with Crippen LogP contribution in [0.2, 0.25) is 98.2 Å². The predicted octanol–water partition coefficient (Wildman–Crippen LogP) is 5.92. The standard InChI is InChI=1S/C25H59NO7SSi5/c1-28-25(27)19-18-34-24(26-19)23(33-39(14,15)16)22(32-38(11,12)13)21(31-37(8,9)10)20(30-36(5,6)7)17-29-35(2,3)4/h19-24,26H,17-18H2,1-16H3/t19-,20+,21+,22-,23+,24+/m0/s1. The summed E-state index contributed by atoms with van der Waals surface area (Å²) in [6, 6.07) is -0.383. The quantitative estimate of drug-likeness (QED) is 0.161. The lowest BCUT2D eigenvalue weighted by molar-refractivity contribution is -0.142. The van der Waals surface area contributed by atoms with Crippen molar-refractivity contribution >= 4 is 59.3 Å². The van der Waals surface area contributed by atoms with Crippen LogP contribution in [0.3, 0.4) is 0 Å². The first-order valence-electron chi connectivity index (χ1n) is 14.1. The number of esters is 1. The van der Waals surface area contributed by atoms with Gasteiger partial charge in [0.25, 0.3) is 0 Å². The lowest BCUT2D eigenvalue weighted by Crippen LogP contribution is -2.62. The van der Waals surface area contributed by atoms with E-state index in [-0.39, 0.29) is 35.7 Å². The van der Waals surface area contributed by atoms with Crippen LogP contribution in [0.15, 0.2) is 0 Å². The third-order valence-corrected chi connectivity index (χ3v) is 11.5. The smallest absolute Gasteiger partial charge is 0.323 e. The molecule has 0 saturated carbocycles. The van der Waals surface area contributed by atoms with E-state index < -0.39 is 47.7 Å². The minimum Gasteiger partial charge on any atom is -0.468 e. The lowest BCUT2D eigenvalue weighted by Gasteiger charge is -2.47. The molecule has 39 heavy (non-hydrogen) atoms. The van der Waals surface area contributed by atoms with Gasteiger partial charge in [-0.05, 0) is 98.2 Å². The van der Waals surface area contributed by atoms with Crippen LogP contribution >= 0.6 is 11.8 Å². The van der Waals surface area contributed by atoms with Gasteiger partial charge in [0.05, 0.1) is 43.5 Å². The molecule has 0 radical (unpaired) electrons. The fraction of sp³-hybridized carbons (Fsp3) is 0.960. The molecule has 1 aliphatic rings. The molecule has 0 aromatic rings. The number of hydrogen-bond donors (Lipinski definition) is 1. The van der Waals surface area contributed by atoms with Crippen molar-refractivity contribution in [3.8, 4) is 0 Å². The summed E-state index contributed by atoms with van der Waals surface area (Å²) in [7, 11) is -8.60. The normalized spacial score (nSPS) is 22.9. The summed E-state index contributed by atoms with van der Waals surface area (Å²) in [6.07, 6.45) is -1.42. The second-order valence-electron chi connectivity index (χ2n) is 15.3. The molecule has 1 saturated heterocycles. The maximum atomic E-state index is 12.4. The Kier molecular flexibility index (Phi) is 13.9. The molecule has 1 fully saturated rings. The van der Waals surface area contributed by atoms with Gasteiger partial charge in [-0.15, -0.1) is 11.8 Å². The van der Waals surface area contributed by atoms with Crippen molar-refractivity contribution in [2.45, 2.75) is 134 Å². The highest BCUT2D eigenvalue weighted by Gasteiger charge is 2.49. The van der Waals surface area contributed by atoms with Gasteiger partial charge in [0, 0.05) is 5.75 Å². The molecule has 0 amide bonds. The lowest BCUT2D eigenvalue weighted by atomic mass is 10.0. The van der Waals surface area contributed by atoms with Crippen molar-refractivity contribution in [3.63, 3.8) is 0 Å². The summed E-state index contributed by atoms with van der Waals surface area (Å²) in [5, 5.41) is 3.36. The van der Waals surface area contributed by atoms with Crippen molar-refractivity contribution in [2.24, 2.45) is 0 Å². The highest BCUT2D eigenvalue weighted by atomic mass is 32.2. The molecule has 1 aliphatic heterocycles. The molecule has 232 valence electrons. The van der Waals surface area contributed by atoms with Crippen molar-refractivity contribution < 1.29 is 31.7 Å². The molecule has 1 N–H and O–H groups in total. The predicted molar refractivity (Wildman–Crippen MR) is 177 cm³/mol. The first kappa shape index (κ1) is 37.7. The van der Waals surface area contributed by atoms with Gasteiger partial charge in [-0.3, -0.25) is 10.1 Å². The zero-order valence-corrected chi connectivity index (χ0v) is 33.5. The third-order valence-electron chi connectivity index (χ3n) is 5.26. The monoisotopic (exact) mass is 657 g/mol. The van der Waals surface area contributed by atoms with Gasteiger partial charge >= 0.3 is 5.97 Å². The second kappa shape index (κ2) is 14.4. The van der Waals surface area contributed by atoms with Gasteiger partial charge in [0.2, 0.25) is 0 Å². The van der Waals surface area contributed by atoms with Crippen molar-refractivity contribution in [1.29, 1.82) is 0 Å². The summed E-state index contributed by atoms with van der Waals surface area (Å²) in [6.45, 7) is 33.5. The van der Waals surface area contributed by atoms with Crippen LogP contribution in [0.5, 0.6) is 0 Å². The van der Waals surface area contributed by atoms with Crippen molar-refractivity contribution in [3.05, 3.63) is 0 Å². The van der Waals surface area contributed by atoms with Crippen LogP contribution in [0.4, 0.5) is 0 Å². The minimum absolute atomic E-state index is 0.152. The van der Waals surface area contributed by atoms with Crippen LogP contribution in [0.25, 0.3) is 0 Å². The molecule has 6 atom stereocenters. The Morgan fingerprint density at radius 2 is 1.18 bits per heavy atom. The average molecular weight is 658 g/mol. The van der Waals surface area contributed by atoms with E-state index in [1.165, 1.54) is 7.11 Å². The van der Waals surface area contributed by atoms with Crippen molar-refractivity contribution in [1.82, 2.24) is 5.32 Å². The molecule has 1 rings (SSSR count).